The fraction of sp³-hybridized carbons (Fsp3) is 1.00. The van der Waals surface area contributed by atoms with Crippen LogP contribution >= 0.6 is 7.82 Å². The average molecular weight is 208 g/mol. The number of hydrogen-bond donors (Lipinski definition) is 0. The predicted molar refractivity (Wildman–Crippen MR) is 42.3 cm³/mol. The van der Waals surface area contributed by atoms with Crippen molar-refractivity contribution < 1.29 is 56.6 Å². The minimum Gasteiger partial charge on any atom is -0.790 e. The number of phosphoric acid groups is 1. The van der Waals surface area contributed by atoms with Crippen molar-refractivity contribution in [1.29, 1.82) is 0 Å². The molecule has 0 aliphatic rings. The first-order chi connectivity index (χ1) is 5.56. The van der Waals surface area contributed by atoms with E-state index in [0.29, 0.717) is 6.42 Å². The van der Waals surface area contributed by atoms with Crippen LogP contribution in [0.1, 0.15) is 39.0 Å². The molecule has 0 atom stereocenters. The maximum Gasteiger partial charge on any atom is 1.00 e. The van der Waals surface area contributed by atoms with Crippen LogP contribution in [-0.4, -0.2) is 6.61 Å². The smallest absolute Gasteiger partial charge is 0.790 e. The van der Waals surface area contributed by atoms with Gasteiger partial charge in [-0.05, 0) is 6.42 Å². The third-order valence-corrected chi connectivity index (χ3v) is 2.00. The van der Waals surface area contributed by atoms with E-state index in [1.807, 2.05) is 0 Å². The number of unbranched alkanes of at least 4 members (excludes halogenated alkanes) is 4. The van der Waals surface area contributed by atoms with E-state index in [2.05, 4.69) is 11.4 Å². The summed E-state index contributed by atoms with van der Waals surface area (Å²) in [7, 11) is -4.72. The molecule has 0 spiro atoms. The summed E-state index contributed by atoms with van der Waals surface area (Å²) in [5.41, 5.74) is 0. The Kier molecular flexibility index (Phi) is 18.3. The summed E-state index contributed by atoms with van der Waals surface area (Å²) in [4.78, 5) is 19.9. The second kappa shape index (κ2) is 12.4. The molecule has 0 saturated carbocycles. The van der Waals surface area contributed by atoms with Crippen LogP contribution in [-0.2, 0) is 9.09 Å². The van der Waals surface area contributed by atoms with E-state index in [1.165, 1.54) is 0 Å². The van der Waals surface area contributed by atoms with E-state index in [1.54, 1.807) is 0 Å². The van der Waals surface area contributed by atoms with Crippen LogP contribution in [0.25, 0.3) is 0 Å². The molecule has 0 unspecified atom stereocenters. The van der Waals surface area contributed by atoms with Crippen molar-refractivity contribution in [3.05, 3.63) is 0 Å². The van der Waals surface area contributed by atoms with Crippen LogP contribution in [0.3, 0.4) is 0 Å². The van der Waals surface area contributed by atoms with E-state index in [4.69, 9.17) is 0 Å². The van der Waals surface area contributed by atoms with Crippen LogP contribution < -0.4 is 47.5 Å². The summed E-state index contributed by atoms with van der Waals surface area (Å²) in [5, 5.41) is 0. The monoisotopic (exact) mass is 208 g/mol. The molecule has 0 fully saturated rings. The van der Waals surface area contributed by atoms with Crippen molar-refractivity contribution in [2.75, 3.05) is 6.61 Å². The van der Waals surface area contributed by atoms with Gasteiger partial charge in [-0.3, -0.25) is 0 Å². The van der Waals surface area contributed by atoms with E-state index >= 15 is 0 Å². The van der Waals surface area contributed by atoms with Crippen molar-refractivity contribution in [2.45, 2.75) is 39.0 Å². The standard InChI is InChI=1S/C7H17O4P.2Li/c1-2-3-4-5-6-7-11-12(8,9)10;;/h2-7H2,1H3,(H2,8,9,10);;/q;2*+1/p-2. The Bertz CT molecular complexity index is 151. The fourth-order valence-corrected chi connectivity index (χ4v) is 1.23. The molecule has 14 heavy (non-hydrogen) atoms. The second-order valence-corrected chi connectivity index (χ2v) is 3.85. The van der Waals surface area contributed by atoms with Crippen LogP contribution in [0.15, 0.2) is 0 Å². The SMILES string of the molecule is CCCCCCCOP(=O)([O-])[O-].[Li+].[Li+]. The van der Waals surface area contributed by atoms with Gasteiger partial charge in [0.15, 0.2) is 0 Å². The molecular formula is C7H15Li2O4P. The number of hydrogen-bond acceptors (Lipinski definition) is 4. The largest absolute Gasteiger partial charge is 1.00 e. The molecule has 0 aromatic carbocycles. The fourth-order valence-electron chi connectivity index (χ4n) is 0.882. The van der Waals surface area contributed by atoms with Gasteiger partial charge in [0.2, 0.25) is 0 Å². The van der Waals surface area contributed by atoms with E-state index < -0.39 is 7.82 Å². The molecule has 0 N–H and O–H groups in total. The zero-order chi connectivity index (χ0) is 9.45. The maximum atomic E-state index is 9.97. The Morgan fingerprint density at radius 1 is 1.07 bits per heavy atom. The zero-order valence-corrected chi connectivity index (χ0v) is 10.2. The maximum absolute atomic E-state index is 9.97. The normalized spacial score (nSPS) is 10.2. The van der Waals surface area contributed by atoms with Crippen LogP contribution in [0.2, 0.25) is 0 Å². The second-order valence-electron chi connectivity index (χ2n) is 2.69. The topological polar surface area (TPSA) is 72.4 Å². The van der Waals surface area contributed by atoms with Gasteiger partial charge in [-0.15, -0.1) is 0 Å². The molecule has 0 rings (SSSR count). The average Bonchev–Trinajstić information content (AvgIpc) is 1.94. The van der Waals surface area contributed by atoms with Gasteiger partial charge in [-0.2, -0.15) is 0 Å². The van der Waals surface area contributed by atoms with Crippen LogP contribution in [0, 0.1) is 0 Å². The summed E-state index contributed by atoms with van der Waals surface area (Å²) in [6.07, 6.45) is 4.93. The van der Waals surface area contributed by atoms with Crippen molar-refractivity contribution in [3.63, 3.8) is 0 Å². The molecule has 0 aromatic heterocycles. The Hall–Kier alpha value is 1.30. The first kappa shape index (κ1) is 20.7. The van der Waals surface area contributed by atoms with Gasteiger partial charge in [0, 0.05) is 0 Å². The Labute approximate surface area is 110 Å². The molecule has 0 saturated heterocycles. The summed E-state index contributed by atoms with van der Waals surface area (Å²) in [6, 6.07) is 0. The molecule has 0 aliphatic carbocycles. The van der Waals surface area contributed by atoms with Gasteiger partial charge in [0.05, 0.1) is 14.4 Å². The first-order valence-corrected chi connectivity index (χ1v) is 5.69. The molecular weight excluding hydrogens is 193 g/mol. The van der Waals surface area contributed by atoms with E-state index in [-0.39, 0.29) is 44.3 Å². The molecule has 0 heterocycles. The molecule has 0 radical (unpaired) electrons. The Morgan fingerprint density at radius 2 is 1.57 bits per heavy atom. The molecule has 7 heteroatoms. The van der Waals surface area contributed by atoms with E-state index in [0.717, 1.165) is 25.7 Å². The molecule has 0 bridgehead atoms. The summed E-state index contributed by atoms with van der Waals surface area (Å²) in [5.74, 6) is 0. The van der Waals surface area contributed by atoms with Gasteiger partial charge < -0.3 is 18.9 Å². The molecule has 0 aromatic rings. The van der Waals surface area contributed by atoms with Gasteiger partial charge in [-0.25, -0.2) is 0 Å². The van der Waals surface area contributed by atoms with Crippen molar-refractivity contribution >= 4 is 7.82 Å². The Balaban J connectivity index is -0.000000605. The zero-order valence-electron chi connectivity index (χ0n) is 9.32. The van der Waals surface area contributed by atoms with Crippen molar-refractivity contribution in [3.8, 4) is 0 Å². The van der Waals surface area contributed by atoms with Gasteiger partial charge >= 0.3 is 37.7 Å². The molecule has 74 valence electrons. The van der Waals surface area contributed by atoms with Gasteiger partial charge in [-0.1, -0.05) is 32.6 Å². The van der Waals surface area contributed by atoms with Crippen molar-refractivity contribution in [1.82, 2.24) is 0 Å². The summed E-state index contributed by atoms with van der Waals surface area (Å²) in [6.45, 7) is 2.13. The quantitative estimate of drug-likeness (QED) is 0.238. The molecule has 4 nitrogen and oxygen atoms in total. The summed E-state index contributed by atoms with van der Waals surface area (Å²) >= 11 is 0. The van der Waals surface area contributed by atoms with Crippen molar-refractivity contribution in [2.24, 2.45) is 0 Å². The first-order valence-electron chi connectivity index (χ1n) is 4.23. The van der Waals surface area contributed by atoms with Crippen LogP contribution in [0.5, 0.6) is 0 Å². The predicted octanol–water partition coefficient (Wildman–Crippen LogP) is -5.19. The number of rotatable bonds is 7. The van der Waals surface area contributed by atoms with Gasteiger partial charge in [0.25, 0.3) is 0 Å². The van der Waals surface area contributed by atoms with E-state index in [9.17, 15) is 14.4 Å². The third kappa shape index (κ3) is 19.0. The Morgan fingerprint density at radius 3 is 2.00 bits per heavy atom. The molecule has 0 amide bonds. The minimum absolute atomic E-state index is 0. The minimum atomic E-state index is -4.72. The number of phosphoric ester groups is 1. The van der Waals surface area contributed by atoms with Crippen LogP contribution in [0.4, 0.5) is 0 Å². The molecule has 0 aliphatic heterocycles. The third-order valence-electron chi connectivity index (χ3n) is 1.50. The summed E-state index contributed by atoms with van der Waals surface area (Å²) < 4.78 is 14.0. The van der Waals surface area contributed by atoms with Gasteiger partial charge in [0.1, 0.15) is 0 Å².